The molecule has 0 radical (unpaired) electrons. The Morgan fingerprint density at radius 3 is 2.50 bits per heavy atom. The van der Waals surface area contributed by atoms with E-state index in [1.54, 1.807) is 37.1 Å². The lowest BCUT2D eigenvalue weighted by atomic mass is 10.1. The molecule has 1 atom stereocenters. The van der Waals surface area contributed by atoms with Crippen LogP contribution in [0.15, 0.2) is 42.5 Å². The van der Waals surface area contributed by atoms with Gasteiger partial charge in [-0.2, -0.15) is 0 Å². The van der Waals surface area contributed by atoms with Gasteiger partial charge in [0, 0.05) is 37.4 Å². The van der Waals surface area contributed by atoms with Gasteiger partial charge in [-0.25, -0.2) is 0 Å². The third-order valence-corrected chi connectivity index (χ3v) is 5.18. The third-order valence-electron chi connectivity index (χ3n) is 4.65. The fraction of sp³-hybridized carbons (Fsp3) is 0.381. The number of amides is 1. The largest absolute Gasteiger partial charge is 0.479 e. The van der Waals surface area contributed by atoms with Crippen molar-refractivity contribution < 1.29 is 14.3 Å². The highest BCUT2D eigenvalue weighted by molar-refractivity contribution is 6.35. The topological polar surface area (TPSA) is 42.0 Å². The molecule has 2 aromatic rings. The van der Waals surface area contributed by atoms with E-state index in [2.05, 4.69) is 29.2 Å². The Labute approximate surface area is 175 Å². The zero-order valence-corrected chi connectivity index (χ0v) is 17.5. The van der Waals surface area contributed by atoms with Gasteiger partial charge in [-0.05, 0) is 42.8 Å². The van der Waals surface area contributed by atoms with Crippen molar-refractivity contribution >= 4 is 34.8 Å². The van der Waals surface area contributed by atoms with Crippen LogP contribution in [0.1, 0.15) is 12.5 Å². The number of nitrogens with zero attached hydrogens (tertiary/aromatic N) is 2. The van der Waals surface area contributed by atoms with E-state index in [0.29, 0.717) is 22.3 Å². The molecule has 0 unspecified atom stereocenters. The highest BCUT2D eigenvalue weighted by Gasteiger charge is 2.20. The SMILES string of the molecule is C[C@H](Oc1ccc(Cl)cc1Cl)C(=O)N(C)Cc1ccc(N2CCOCC2)cc1. The average Bonchev–Trinajstić information content (AvgIpc) is 2.70. The molecule has 2 aromatic carbocycles. The lowest BCUT2D eigenvalue weighted by Gasteiger charge is -2.29. The number of rotatable bonds is 6. The van der Waals surface area contributed by atoms with Crippen molar-refractivity contribution in [2.75, 3.05) is 38.3 Å². The van der Waals surface area contributed by atoms with E-state index < -0.39 is 6.10 Å². The van der Waals surface area contributed by atoms with Crippen LogP contribution in [0.25, 0.3) is 0 Å². The molecular weight excluding hydrogens is 399 g/mol. The predicted molar refractivity (Wildman–Crippen MR) is 113 cm³/mol. The van der Waals surface area contributed by atoms with Crippen LogP contribution in [-0.4, -0.2) is 50.3 Å². The number of halogens is 2. The van der Waals surface area contributed by atoms with Crippen LogP contribution in [-0.2, 0) is 16.1 Å². The van der Waals surface area contributed by atoms with E-state index in [1.165, 1.54) is 5.69 Å². The summed E-state index contributed by atoms with van der Waals surface area (Å²) in [6.07, 6.45) is -0.656. The Kier molecular flexibility index (Phi) is 7.05. The molecule has 1 aliphatic heterocycles. The summed E-state index contributed by atoms with van der Waals surface area (Å²) >= 11 is 12.0. The molecule has 0 aliphatic carbocycles. The van der Waals surface area contributed by atoms with Gasteiger partial charge >= 0.3 is 0 Å². The maximum atomic E-state index is 12.7. The second-order valence-corrected chi connectivity index (χ2v) is 7.64. The van der Waals surface area contributed by atoms with Gasteiger partial charge in [0.05, 0.1) is 18.2 Å². The van der Waals surface area contributed by atoms with E-state index in [1.807, 2.05) is 0 Å². The van der Waals surface area contributed by atoms with Gasteiger partial charge in [0.25, 0.3) is 5.91 Å². The summed E-state index contributed by atoms with van der Waals surface area (Å²) in [5, 5.41) is 0.905. The number of hydrogen-bond acceptors (Lipinski definition) is 4. The molecule has 0 bridgehead atoms. The molecule has 1 heterocycles. The summed E-state index contributed by atoms with van der Waals surface area (Å²) in [5.41, 5.74) is 2.24. The molecule has 150 valence electrons. The Bertz CT molecular complexity index is 808. The van der Waals surface area contributed by atoms with Crippen molar-refractivity contribution in [3.05, 3.63) is 58.1 Å². The second kappa shape index (κ2) is 9.50. The van der Waals surface area contributed by atoms with Crippen molar-refractivity contribution in [3.8, 4) is 5.75 Å². The zero-order valence-electron chi connectivity index (χ0n) is 16.0. The number of carbonyl (C=O) groups is 1. The lowest BCUT2D eigenvalue weighted by Crippen LogP contribution is -2.37. The van der Waals surface area contributed by atoms with E-state index in [9.17, 15) is 4.79 Å². The molecule has 7 heteroatoms. The molecule has 0 aromatic heterocycles. The number of anilines is 1. The Morgan fingerprint density at radius 2 is 1.86 bits per heavy atom. The molecule has 3 rings (SSSR count). The highest BCUT2D eigenvalue weighted by atomic mass is 35.5. The Balaban J connectivity index is 1.57. The summed E-state index contributed by atoms with van der Waals surface area (Å²) in [5.74, 6) is 0.318. The maximum absolute atomic E-state index is 12.7. The first-order chi connectivity index (χ1) is 13.4. The minimum absolute atomic E-state index is 0.122. The van der Waals surface area contributed by atoms with Gasteiger partial charge in [-0.3, -0.25) is 4.79 Å². The molecule has 1 saturated heterocycles. The molecule has 1 amide bonds. The maximum Gasteiger partial charge on any atom is 0.263 e. The van der Waals surface area contributed by atoms with Gasteiger partial charge in [0.2, 0.25) is 0 Å². The molecule has 5 nitrogen and oxygen atoms in total. The monoisotopic (exact) mass is 422 g/mol. The predicted octanol–water partition coefficient (Wildman–Crippen LogP) is 4.26. The van der Waals surface area contributed by atoms with Gasteiger partial charge in [-0.15, -0.1) is 0 Å². The second-order valence-electron chi connectivity index (χ2n) is 6.79. The van der Waals surface area contributed by atoms with E-state index >= 15 is 0 Å². The average molecular weight is 423 g/mol. The first-order valence-electron chi connectivity index (χ1n) is 9.22. The Morgan fingerprint density at radius 1 is 1.18 bits per heavy atom. The minimum Gasteiger partial charge on any atom is -0.479 e. The first kappa shape index (κ1) is 20.8. The Hall–Kier alpha value is -1.95. The van der Waals surface area contributed by atoms with Crippen molar-refractivity contribution in [1.29, 1.82) is 0 Å². The number of likely N-dealkylation sites (N-methyl/N-ethyl adjacent to an activating group) is 1. The van der Waals surface area contributed by atoms with Gasteiger partial charge in [-0.1, -0.05) is 35.3 Å². The van der Waals surface area contributed by atoms with Gasteiger partial charge in [0.1, 0.15) is 5.75 Å². The van der Waals surface area contributed by atoms with Crippen LogP contribution in [0.4, 0.5) is 5.69 Å². The quantitative estimate of drug-likeness (QED) is 0.697. The summed E-state index contributed by atoms with van der Waals surface area (Å²) in [7, 11) is 1.77. The number of ether oxygens (including phenoxy) is 2. The fourth-order valence-corrected chi connectivity index (χ4v) is 3.56. The number of carbonyl (C=O) groups excluding carboxylic acids is 1. The molecular formula is C21H24Cl2N2O3. The summed E-state index contributed by atoms with van der Waals surface area (Å²) < 4.78 is 11.1. The van der Waals surface area contributed by atoms with Crippen molar-refractivity contribution in [2.24, 2.45) is 0 Å². The number of hydrogen-bond donors (Lipinski definition) is 0. The molecule has 1 fully saturated rings. The third kappa shape index (κ3) is 5.31. The molecule has 0 saturated carbocycles. The van der Waals surface area contributed by atoms with Crippen LogP contribution >= 0.6 is 23.2 Å². The van der Waals surface area contributed by atoms with Crippen LogP contribution < -0.4 is 9.64 Å². The zero-order chi connectivity index (χ0) is 20.1. The van der Waals surface area contributed by atoms with Gasteiger partial charge in [0.15, 0.2) is 6.10 Å². The lowest BCUT2D eigenvalue weighted by molar-refractivity contribution is -0.137. The highest BCUT2D eigenvalue weighted by Crippen LogP contribution is 2.28. The van der Waals surface area contributed by atoms with Crippen LogP contribution in [0.3, 0.4) is 0 Å². The normalized spacial score (nSPS) is 15.2. The molecule has 1 aliphatic rings. The van der Waals surface area contributed by atoms with Crippen molar-refractivity contribution in [2.45, 2.75) is 19.6 Å². The van der Waals surface area contributed by atoms with Crippen molar-refractivity contribution in [3.63, 3.8) is 0 Å². The van der Waals surface area contributed by atoms with Crippen LogP contribution in [0.2, 0.25) is 10.0 Å². The van der Waals surface area contributed by atoms with E-state index in [4.69, 9.17) is 32.7 Å². The van der Waals surface area contributed by atoms with Gasteiger partial charge < -0.3 is 19.3 Å². The number of benzene rings is 2. The standard InChI is InChI=1S/C21H24Cl2N2O3/c1-15(28-20-8-5-17(22)13-19(20)23)21(26)24(2)14-16-3-6-18(7-4-16)25-9-11-27-12-10-25/h3-8,13,15H,9-12,14H2,1-2H3/t15-/m0/s1. The molecule has 0 spiro atoms. The first-order valence-corrected chi connectivity index (χ1v) is 9.98. The summed E-state index contributed by atoms with van der Waals surface area (Å²) in [6.45, 7) is 5.54. The van der Waals surface area contributed by atoms with Crippen LogP contribution in [0, 0.1) is 0 Å². The molecule has 28 heavy (non-hydrogen) atoms. The van der Waals surface area contributed by atoms with Crippen molar-refractivity contribution in [1.82, 2.24) is 4.90 Å². The minimum atomic E-state index is -0.656. The smallest absolute Gasteiger partial charge is 0.263 e. The summed E-state index contributed by atoms with van der Waals surface area (Å²) in [6, 6.07) is 13.2. The molecule has 0 N–H and O–H groups in total. The fourth-order valence-electron chi connectivity index (χ4n) is 3.11. The van der Waals surface area contributed by atoms with Crippen LogP contribution in [0.5, 0.6) is 5.75 Å². The summed E-state index contributed by atoms with van der Waals surface area (Å²) in [4.78, 5) is 16.6. The number of morpholine rings is 1. The van der Waals surface area contributed by atoms with E-state index in [0.717, 1.165) is 31.9 Å². The van der Waals surface area contributed by atoms with E-state index in [-0.39, 0.29) is 5.91 Å².